The van der Waals surface area contributed by atoms with Crippen molar-refractivity contribution in [3.8, 4) is 0 Å². The molecule has 3 aromatic rings. The van der Waals surface area contributed by atoms with Crippen LogP contribution < -0.4 is 10.2 Å². The Morgan fingerprint density at radius 1 is 1.30 bits per heavy atom. The van der Waals surface area contributed by atoms with Crippen LogP contribution in [0.15, 0.2) is 42.7 Å². The molecule has 1 aliphatic heterocycles. The van der Waals surface area contributed by atoms with Crippen LogP contribution in [0.1, 0.15) is 19.4 Å². The quantitative estimate of drug-likeness (QED) is 0.735. The Hall–Kier alpha value is -2.73. The molecule has 0 saturated carbocycles. The van der Waals surface area contributed by atoms with Crippen molar-refractivity contribution in [2.24, 2.45) is 0 Å². The number of benzene rings is 2. The molecule has 0 bridgehead atoms. The fraction of sp³-hybridized carbons (Fsp3) is 0.250. The summed E-state index contributed by atoms with van der Waals surface area (Å²) in [6, 6.07) is 9.35. The Morgan fingerprint density at radius 2 is 2.11 bits per heavy atom. The van der Waals surface area contributed by atoms with Crippen LogP contribution in [0.3, 0.4) is 0 Å². The lowest BCUT2D eigenvalue weighted by atomic mass is 10.1. The number of rotatable bonds is 3. The predicted molar refractivity (Wildman–Crippen MR) is 105 cm³/mol. The van der Waals surface area contributed by atoms with Crippen LogP contribution in [0.25, 0.3) is 10.9 Å². The lowest BCUT2D eigenvalue weighted by molar-refractivity contribution is -0.119. The van der Waals surface area contributed by atoms with E-state index in [4.69, 9.17) is 11.6 Å². The van der Waals surface area contributed by atoms with Gasteiger partial charge in [-0.05, 0) is 62.2 Å². The molecule has 1 N–H and O–H groups in total. The predicted octanol–water partition coefficient (Wildman–Crippen LogP) is 4.20. The monoisotopic (exact) mass is 384 g/mol. The molecular weight excluding hydrogens is 367 g/mol. The van der Waals surface area contributed by atoms with E-state index < -0.39 is 6.04 Å². The van der Waals surface area contributed by atoms with Crippen molar-refractivity contribution in [3.63, 3.8) is 0 Å². The molecule has 27 heavy (non-hydrogen) atoms. The van der Waals surface area contributed by atoms with Gasteiger partial charge in [-0.1, -0.05) is 11.6 Å². The van der Waals surface area contributed by atoms with Gasteiger partial charge in [-0.3, -0.25) is 4.79 Å². The SMILES string of the molecule is C[C@@H]1Cc2cc(F)ccc2N1C(=O)[C@@H](C)Nc1ncnc2cc(Cl)ccc12. The van der Waals surface area contributed by atoms with Gasteiger partial charge in [-0.2, -0.15) is 0 Å². The minimum atomic E-state index is -0.516. The van der Waals surface area contributed by atoms with Crippen molar-refractivity contribution in [1.29, 1.82) is 0 Å². The molecule has 1 amide bonds. The highest BCUT2D eigenvalue weighted by Gasteiger charge is 2.33. The van der Waals surface area contributed by atoms with Crippen LogP contribution in [0.4, 0.5) is 15.9 Å². The van der Waals surface area contributed by atoms with Gasteiger partial charge >= 0.3 is 0 Å². The molecule has 0 spiro atoms. The van der Waals surface area contributed by atoms with E-state index in [1.54, 1.807) is 30.0 Å². The summed E-state index contributed by atoms with van der Waals surface area (Å²) in [5.74, 6) is 0.199. The van der Waals surface area contributed by atoms with Crippen LogP contribution in [-0.2, 0) is 11.2 Å². The number of hydrogen-bond donors (Lipinski definition) is 1. The van der Waals surface area contributed by atoms with Gasteiger partial charge in [0.05, 0.1) is 5.52 Å². The van der Waals surface area contributed by atoms with Gasteiger partial charge in [-0.25, -0.2) is 14.4 Å². The fourth-order valence-corrected chi connectivity index (χ4v) is 3.72. The van der Waals surface area contributed by atoms with Crippen molar-refractivity contribution >= 4 is 39.9 Å². The second-order valence-corrected chi connectivity index (χ2v) is 7.22. The van der Waals surface area contributed by atoms with Gasteiger partial charge < -0.3 is 10.2 Å². The summed E-state index contributed by atoms with van der Waals surface area (Å²) in [5.41, 5.74) is 2.32. The first kappa shape index (κ1) is 17.7. The Labute approximate surface area is 161 Å². The lowest BCUT2D eigenvalue weighted by Crippen LogP contribution is -2.44. The molecule has 0 aliphatic carbocycles. The molecule has 2 atom stereocenters. The highest BCUT2D eigenvalue weighted by atomic mass is 35.5. The Kier molecular flexibility index (Phi) is 4.44. The minimum absolute atomic E-state index is 0.0282. The van der Waals surface area contributed by atoms with Crippen molar-refractivity contribution in [2.45, 2.75) is 32.4 Å². The summed E-state index contributed by atoms with van der Waals surface area (Å²) in [5, 5.41) is 4.56. The Bertz CT molecular complexity index is 1040. The Morgan fingerprint density at radius 3 is 2.93 bits per heavy atom. The van der Waals surface area contributed by atoms with Crippen LogP contribution >= 0.6 is 11.6 Å². The number of nitrogens with zero attached hydrogens (tertiary/aromatic N) is 3. The van der Waals surface area contributed by atoms with Gasteiger partial charge in [0, 0.05) is 22.1 Å². The van der Waals surface area contributed by atoms with Crippen molar-refractivity contribution in [2.75, 3.05) is 10.2 Å². The molecule has 138 valence electrons. The molecule has 0 saturated heterocycles. The molecule has 2 heterocycles. The van der Waals surface area contributed by atoms with Gasteiger partial charge in [-0.15, -0.1) is 0 Å². The van der Waals surface area contributed by atoms with Crippen LogP contribution in [0.2, 0.25) is 5.02 Å². The van der Waals surface area contributed by atoms with E-state index in [0.29, 0.717) is 22.8 Å². The van der Waals surface area contributed by atoms with E-state index in [-0.39, 0.29) is 17.8 Å². The summed E-state index contributed by atoms with van der Waals surface area (Å²) < 4.78 is 13.5. The number of carbonyl (C=O) groups is 1. The summed E-state index contributed by atoms with van der Waals surface area (Å²) in [6.07, 6.45) is 2.08. The third-order valence-electron chi connectivity index (χ3n) is 4.82. The minimum Gasteiger partial charge on any atom is -0.358 e. The average molecular weight is 385 g/mol. The van der Waals surface area contributed by atoms with Crippen molar-refractivity contribution in [3.05, 3.63) is 59.1 Å². The molecule has 1 aromatic heterocycles. The molecule has 5 nitrogen and oxygen atoms in total. The maximum atomic E-state index is 13.5. The van der Waals surface area contributed by atoms with Crippen LogP contribution in [0, 0.1) is 5.82 Å². The number of halogens is 2. The van der Waals surface area contributed by atoms with E-state index in [0.717, 1.165) is 16.6 Å². The van der Waals surface area contributed by atoms with E-state index >= 15 is 0 Å². The zero-order valence-electron chi connectivity index (χ0n) is 14.9. The largest absolute Gasteiger partial charge is 0.358 e. The number of amides is 1. The molecule has 0 unspecified atom stereocenters. The average Bonchev–Trinajstić information content (AvgIpc) is 2.95. The van der Waals surface area contributed by atoms with Crippen LogP contribution in [-0.4, -0.2) is 28.0 Å². The van der Waals surface area contributed by atoms with Gasteiger partial charge in [0.1, 0.15) is 24.0 Å². The molecule has 4 rings (SSSR count). The fourth-order valence-electron chi connectivity index (χ4n) is 3.56. The molecule has 0 fully saturated rings. The molecular formula is C20H18ClFN4O. The number of carbonyl (C=O) groups excluding carboxylic acids is 1. The Balaban J connectivity index is 1.61. The number of fused-ring (bicyclic) bond motifs is 2. The second kappa shape index (κ2) is 6.78. The first-order valence-corrected chi connectivity index (χ1v) is 9.10. The lowest BCUT2D eigenvalue weighted by Gasteiger charge is -2.27. The van der Waals surface area contributed by atoms with Gasteiger partial charge in [0.15, 0.2) is 0 Å². The van der Waals surface area contributed by atoms with E-state index in [1.807, 2.05) is 13.0 Å². The third-order valence-corrected chi connectivity index (χ3v) is 5.05. The number of nitrogens with one attached hydrogen (secondary N) is 1. The summed E-state index contributed by atoms with van der Waals surface area (Å²) >= 11 is 6.02. The highest BCUT2D eigenvalue weighted by molar-refractivity contribution is 6.31. The first-order chi connectivity index (χ1) is 12.9. The maximum absolute atomic E-state index is 13.5. The van der Waals surface area contributed by atoms with Crippen LogP contribution in [0.5, 0.6) is 0 Å². The van der Waals surface area contributed by atoms with Crippen molar-refractivity contribution in [1.82, 2.24) is 9.97 Å². The zero-order valence-corrected chi connectivity index (χ0v) is 15.7. The van der Waals surface area contributed by atoms with Crippen molar-refractivity contribution < 1.29 is 9.18 Å². The van der Waals surface area contributed by atoms with E-state index in [9.17, 15) is 9.18 Å². The zero-order chi connectivity index (χ0) is 19.1. The third kappa shape index (κ3) is 3.21. The summed E-state index contributed by atoms with van der Waals surface area (Å²) in [6.45, 7) is 3.75. The highest BCUT2D eigenvalue weighted by Crippen LogP contribution is 2.33. The van der Waals surface area contributed by atoms with Gasteiger partial charge in [0.2, 0.25) is 5.91 Å². The molecule has 0 radical (unpaired) electrons. The van der Waals surface area contributed by atoms with Gasteiger partial charge in [0.25, 0.3) is 0 Å². The maximum Gasteiger partial charge on any atom is 0.249 e. The molecule has 7 heteroatoms. The molecule has 1 aliphatic rings. The normalized spacial score (nSPS) is 17.0. The second-order valence-electron chi connectivity index (χ2n) is 6.78. The smallest absolute Gasteiger partial charge is 0.249 e. The number of anilines is 2. The number of hydrogen-bond acceptors (Lipinski definition) is 4. The first-order valence-electron chi connectivity index (χ1n) is 8.72. The number of aromatic nitrogens is 2. The van der Waals surface area contributed by atoms with E-state index in [2.05, 4.69) is 15.3 Å². The topological polar surface area (TPSA) is 58.1 Å². The standard InChI is InChI=1S/C20H18ClFN4O/c1-11-7-13-8-15(22)4-6-18(13)26(11)20(27)12(2)25-19-16-5-3-14(21)9-17(16)23-10-24-19/h3-6,8-12H,7H2,1-2H3,(H,23,24,25)/t11-,12-/m1/s1. The summed E-state index contributed by atoms with van der Waals surface area (Å²) in [7, 11) is 0. The molecule has 2 aromatic carbocycles. The van der Waals surface area contributed by atoms with E-state index in [1.165, 1.54) is 18.5 Å². The summed E-state index contributed by atoms with van der Waals surface area (Å²) in [4.78, 5) is 23.3.